The highest BCUT2D eigenvalue weighted by atomic mass is 16.5. The molecule has 0 aliphatic heterocycles. The average molecular weight is 339 g/mol. The number of ether oxygens (including phenoxy) is 1. The van der Waals surface area contributed by atoms with Crippen LogP contribution in [0.2, 0.25) is 0 Å². The van der Waals surface area contributed by atoms with Crippen LogP contribution in [0.1, 0.15) is 49.9 Å². The number of hydrogen-bond acceptors (Lipinski definition) is 3. The fourth-order valence-corrected chi connectivity index (χ4v) is 3.51. The minimum Gasteiger partial charge on any atom is -0.449 e. The van der Waals surface area contributed by atoms with Crippen molar-refractivity contribution in [3.05, 3.63) is 48.0 Å². The summed E-state index contributed by atoms with van der Waals surface area (Å²) in [6.45, 7) is 3.79. The molecule has 4 nitrogen and oxygen atoms in total. The number of benzene rings is 2. The van der Waals surface area contributed by atoms with Gasteiger partial charge in [0.05, 0.1) is 5.56 Å². The van der Waals surface area contributed by atoms with Crippen LogP contribution < -0.4 is 5.32 Å². The highest BCUT2D eigenvalue weighted by Crippen LogP contribution is 2.24. The molecule has 0 heterocycles. The largest absolute Gasteiger partial charge is 0.449 e. The maximum Gasteiger partial charge on any atom is 0.339 e. The van der Waals surface area contributed by atoms with E-state index in [-0.39, 0.29) is 11.9 Å². The predicted molar refractivity (Wildman–Crippen MR) is 98.4 cm³/mol. The second kappa shape index (κ2) is 7.68. The standard InChI is InChI=1S/C21H25NO3/c1-14-8-3-6-13-19(14)22-20(23)15(2)25-21(24)18-12-7-10-16-9-4-5-11-17(16)18/h4-5,7,9-12,14-15,19H,3,6,8,13H2,1-2H3,(H,22,23)/t14-,15-,19-/m1/s1. The Morgan fingerprint density at radius 2 is 1.80 bits per heavy atom. The van der Waals surface area contributed by atoms with E-state index in [1.807, 2.05) is 36.4 Å². The van der Waals surface area contributed by atoms with Gasteiger partial charge in [-0.05, 0) is 42.5 Å². The van der Waals surface area contributed by atoms with Crippen molar-refractivity contribution in [2.75, 3.05) is 0 Å². The van der Waals surface area contributed by atoms with Gasteiger partial charge in [-0.3, -0.25) is 4.79 Å². The third-order valence-electron chi connectivity index (χ3n) is 5.10. The Labute approximate surface area is 148 Å². The van der Waals surface area contributed by atoms with Crippen molar-refractivity contribution >= 4 is 22.6 Å². The first-order valence-electron chi connectivity index (χ1n) is 9.05. The lowest BCUT2D eigenvalue weighted by Gasteiger charge is -2.30. The summed E-state index contributed by atoms with van der Waals surface area (Å²) in [7, 11) is 0. The molecule has 1 saturated carbocycles. The van der Waals surface area contributed by atoms with Crippen LogP contribution in [0.4, 0.5) is 0 Å². The van der Waals surface area contributed by atoms with E-state index >= 15 is 0 Å². The van der Waals surface area contributed by atoms with E-state index in [2.05, 4.69) is 12.2 Å². The Kier molecular flexibility index (Phi) is 5.37. The van der Waals surface area contributed by atoms with E-state index in [4.69, 9.17) is 4.74 Å². The summed E-state index contributed by atoms with van der Waals surface area (Å²) in [5.74, 6) is -0.206. The predicted octanol–water partition coefficient (Wildman–Crippen LogP) is 4.08. The smallest absolute Gasteiger partial charge is 0.339 e. The Hall–Kier alpha value is -2.36. The van der Waals surface area contributed by atoms with Crippen molar-refractivity contribution in [3.63, 3.8) is 0 Å². The molecule has 0 aromatic heterocycles. The number of amides is 1. The third-order valence-corrected chi connectivity index (χ3v) is 5.10. The molecule has 2 aromatic rings. The van der Waals surface area contributed by atoms with Gasteiger partial charge in [0.15, 0.2) is 6.10 Å². The van der Waals surface area contributed by atoms with Gasteiger partial charge in [-0.2, -0.15) is 0 Å². The molecule has 1 fully saturated rings. The van der Waals surface area contributed by atoms with Gasteiger partial charge in [0.25, 0.3) is 5.91 Å². The Morgan fingerprint density at radius 3 is 2.60 bits per heavy atom. The van der Waals surface area contributed by atoms with Crippen LogP contribution in [-0.4, -0.2) is 24.0 Å². The summed E-state index contributed by atoms with van der Waals surface area (Å²) in [5, 5.41) is 4.86. The summed E-state index contributed by atoms with van der Waals surface area (Å²) in [4.78, 5) is 24.9. The monoisotopic (exact) mass is 339 g/mol. The van der Waals surface area contributed by atoms with Crippen LogP contribution in [-0.2, 0) is 9.53 Å². The lowest BCUT2D eigenvalue weighted by molar-refractivity contribution is -0.130. The van der Waals surface area contributed by atoms with Crippen molar-refractivity contribution in [3.8, 4) is 0 Å². The van der Waals surface area contributed by atoms with Gasteiger partial charge in [-0.1, -0.05) is 56.2 Å². The first kappa shape index (κ1) is 17.5. The Balaban J connectivity index is 1.66. The van der Waals surface area contributed by atoms with Gasteiger partial charge in [0.1, 0.15) is 0 Å². The van der Waals surface area contributed by atoms with Crippen LogP contribution >= 0.6 is 0 Å². The molecule has 1 amide bonds. The number of carbonyl (C=O) groups excluding carboxylic acids is 2. The molecule has 0 radical (unpaired) electrons. The van der Waals surface area contributed by atoms with Crippen molar-refractivity contribution in [1.82, 2.24) is 5.32 Å². The van der Waals surface area contributed by atoms with Crippen LogP contribution in [0.25, 0.3) is 10.8 Å². The van der Waals surface area contributed by atoms with Gasteiger partial charge in [-0.15, -0.1) is 0 Å². The average Bonchev–Trinajstić information content (AvgIpc) is 2.63. The number of fused-ring (bicyclic) bond motifs is 1. The van der Waals surface area contributed by atoms with E-state index < -0.39 is 12.1 Å². The van der Waals surface area contributed by atoms with Crippen LogP contribution in [0.3, 0.4) is 0 Å². The molecule has 1 N–H and O–H groups in total. The zero-order valence-corrected chi connectivity index (χ0v) is 14.8. The SMILES string of the molecule is C[C@@H]1CCCC[C@H]1NC(=O)[C@@H](C)OC(=O)c1cccc2ccccc12. The summed E-state index contributed by atoms with van der Waals surface area (Å²) in [6.07, 6.45) is 3.69. The van der Waals surface area contributed by atoms with Gasteiger partial charge in [0.2, 0.25) is 0 Å². The number of hydrogen-bond donors (Lipinski definition) is 1. The topological polar surface area (TPSA) is 55.4 Å². The lowest BCUT2D eigenvalue weighted by atomic mass is 9.86. The third kappa shape index (κ3) is 4.01. The molecule has 0 bridgehead atoms. The van der Waals surface area contributed by atoms with Crippen molar-refractivity contribution in [2.24, 2.45) is 5.92 Å². The Morgan fingerprint density at radius 1 is 1.08 bits per heavy atom. The van der Waals surface area contributed by atoms with Crippen LogP contribution in [0.15, 0.2) is 42.5 Å². The zero-order valence-electron chi connectivity index (χ0n) is 14.8. The number of rotatable bonds is 4. The molecule has 1 aliphatic rings. The van der Waals surface area contributed by atoms with Gasteiger partial charge in [-0.25, -0.2) is 4.79 Å². The van der Waals surface area contributed by atoms with E-state index in [0.29, 0.717) is 11.5 Å². The second-order valence-electron chi connectivity index (χ2n) is 6.95. The maximum absolute atomic E-state index is 12.5. The fourth-order valence-electron chi connectivity index (χ4n) is 3.51. The number of carbonyl (C=O) groups is 2. The van der Waals surface area contributed by atoms with E-state index in [1.165, 1.54) is 6.42 Å². The zero-order chi connectivity index (χ0) is 17.8. The van der Waals surface area contributed by atoms with Gasteiger partial charge >= 0.3 is 5.97 Å². The minimum absolute atomic E-state index is 0.181. The van der Waals surface area contributed by atoms with E-state index in [1.54, 1.807) is 13.0 Å². The molecule has 2 aromatic carbocycles. The second-order valence-corrected chi connectivity index (χ2v) is 6.95. The molecule has 3 atom stereocenters. The summed E-state index contributed by atoms with van der Waals surface area (Å²) < 4.78 is 5.43. The molecule has 1 aliphatic carbocycles. The first-order valence-corrected chi connectivity index (χ1v) is 9.05. The molecule has 0 spiro atoms. The first-order chi connectivity index (χ1) is 12.1. The van der Waals surface area contributed by atoms with Gasteiger partial charge in [0, 0.05) is 6.04 Å². The quantitative estimate of drug-likeness (QED) is 0.854. The number of esters is 1. The summed E-state index contributed by atoms with van der Waals surface area (Å²) in [5.41, 5.74) is 0.490. The van der Waals surface area contributed by atoms with Crippen molar-refractivity contribution in [2.45, 2.75) is 51.7 Å². The lowest BCUT2D eigenvalue weighted by Crippen LogP contribution is -2.46. The molecule has 3 rings (SSSR count). The summed E-state index contributed by atoms with van der Waals surface area (Å²) >= 11 is 0. The molecular weight excluding hydrogens is 314 g/mol. The molecule has 25 heavy (non-hydrogen) atoms. The molecule has 0 unspecified atom stereocenters. The normalized spacial score (nSPS) is 21.5. The fraction of sp³-hybridized carbons (Fsp3) is 0.429. The van der Waals surface area contributed by atoms with E-state index in [0.717, 1.165) is 30.0 Å². The molecule has 132 valence electrons. The molecular formula is C21H25NO3. The maximum atomic E-state index is 12.5. The van der Waals surface area contributed by atoms with Crippen LogP contribution in [0.5, 0.6) is 0 Å². The van der Waals surface area contributed by atoms with E-state index in [9.17, 15) is 9.59 Å². The number of nitrogens with one attached hydrogen (secondary N) is 1. The molecule has 4 heteroatoms. The highest BCUT2D eigenvalue weighted by Gasteiger charge is 2.26. The minimum atomic E-state index is -0.805. The summed E-state index contributed by atoms with van der Waals surface area (Å²) in [6, 6.07) is 13.4. The van der Waals surface area contributed by atoms with Crippen LogP contribution in [0, 0.1) is 5.92 Å². The Bertz CT molecular complexity index is 765. The van der Waals surface area contributed by atoms with Crippen molar-refractivity contribution in [1.29, 1.82) is 0 Å². The highest BCUT2D eigenvalue weighted by molar-refractivity contribution is 6.05. The molecule has 0 saturated heterocycles. The van der Waals surface area contributed by atoms with Gasteiger partial charge < -0.3 is 10.1 Å². The van der Waals surface area contributed by atoms with Crippen molar-refractivity contribution < 1.29 is 14.3 Å².